The van der Waals surface area contributed by atoms with Crippen LogP contribution in [0, 0.1) is 6.92 Å². The lowest BCUT2D eigenvalue weighted by Crippen LogP contribution is -2.09. The summed E-state index contributed by atoms with van der Waals surface area (Å²) in [5.74, 6) is -0.0432. The zero-order chi connectivity index (χ0) is 12.3. The van der Waals surface area contributed by atoms with E-state index < -0.39 is 15.9 Å². The highest BCUT2D eigenvalue weighted by Crippen LogP contribution is 2.27. The largest absolute Gasteiger partial charge is 0.388 e. The van der Waals surface area contributed by atoms with Gasteiger partial charge in [-0.05, 0) is 24.5 Å². The molecule has 1 aromatic carbocycles. The van der Waals surface area contributed by atoms with E-state index in [0.29, 0.717) is 10.6 Å². The van der Waals surface area contributed by atoms with Crippen LogP contribution in [0.4, 0.5) is 0 Å². The first kappa shape index (κ1) is 13.5. The van der Waals surface area contributed by atoms with Crippen molar-refractivity contribution in [3.63, 3.8) is 0 Å². The minimum Gasteiger partial charge on any atom is -0.388 e. The van der Waals surface area contributed by atoms with Crippen molar-refractivity contribution in [2.45, 2.75) is 19.4 Å². The van der Waals surface area contributed by atoms with Gasteiger partial charge in [0.05, 0.1) is 11.9 Å². The Balaban J connectivity index is 2.81. The van der Waals surface area contributed by atoms with Crippen LogP contribution in [0.5, 0.6) is 0 Å². The second kappa shape index (κ2) is 5.17. The van der Waals surface area contributed by atoms with Gasteiger partial charge >= 0.3 is 0 Å². The lowest BCUT2D eigenvalue weighted by atomic mass is 10.0. The van der Waals surface area contributed by atoms with Gasteiger partial charge < -0.3 is 5.11 Å². The predicted molar refractivity (Wildman–Crippen MR) is 65.5 cm³/mol. The van der Waals surface area contributed by atoms with Crippen molar-refractivity contribution in [2.75, 3.05) is 12.0 Å². The molecular weight excluding hydrogens is 248 g/mol. The van der Waals surface area contributed by atoms with E-state index in [2.05, 4.69) is 0 Å². The monoisotopic (exact) mass is 262 g/mol. The lowest BCUT2D eigenvalue weighted by molar-refractivity contribution is 0.174. The van der Waals surface area contributed by atoms with Gasteiger partial charge in [-0.25, -0.2) is 8.42 Å². The average molecular weight is 263 g/mol. The Morgan fingerprint density at radius 2 is 2.06 bits per heavy atom. The minimum atomic E-state index is -3.05. The molecule has 0 bridgehead atoms. The van der Waals surface area contributed by atoms with Gasteiger partial charge in [-0.15, -0.1) is 0 Å². The Morgan fingerprint density at radius 3 is 2.62 bits per heavy atom. The van der Waals surface area contributed by atoms with Crippen LogP contribution in [-0.4, -0.2) is 25.5 Å². The first-order chi connectivity index (χ1) is 7.31. The normalized spacial score (nSPS) is 13.8. The van der Waals surface area contributed by atoms with Crippen molar-refractivity contribution in [3.8, 4) is 0 Å². The number of aliphatic hydroxyl groups is 1. The Hall–Kier alpha value is -0.580. The molecule has 0 saturated heterocycles. The third kappa shape index (κ3) is 3.77. The maximum Gasteiger partial charge on any atom is 0.147 e. The molecule has 1 aromatic rings. The fourth-order valence-corrected chi connectivity index (χ4v) is 2.31. The van der Waals surface area contributed by atoms with E-state index >= 15 is 0 Å². The van der Waals surface area contributed by atoms with Gasteiger partial charge in [0, 0.05) is 11.3 Å². The van der Waals surface area contributed by atoms with Crippen molar-refractivity contribution in [1.29, 1.82) is 0 Å². The Kier molecular flexibility index (Phi) is 4.35. The molecule has 16 heavy (non-hydrogen) atoms. The van der Waals surface area contributed by atoms with Gasteiger partial charge in [0.2, 0.25) is 0 Å². The maximum atomic E-state index is 11.0. The summed E-state index contributed by atoms with van der Waals surface area (Å²) in [6.07, 6.45) is 0.488. The molecule has 0 spiro atoms. The molecule has 5 heteroatoms. The number of halogens is 1. The van der Waals surface area contributed by atoms with Crippen LogP contribution >= 0.6 is 11.6 Å². The highest BCUT2D eigenvalue weighted by Gasteiger charge is 2.14. The quantitative estimate of drug-likeness (QED) is 0.904. The highest BCUT2D eigenvalue weighted by molar-refractivity contribution is 7.90. The lowest BCUT2D eigenvalue weighted by Gasteiger charge is -2.13. The number of hydrogen-bond donors (Lipinski definition) is 1. The van der Waals surface area contributed by atoms with E-state index in [1.54, 1.807) is 12.1 Å². The second-order valence-electron chi connectivity index (χ2n) is 3.91. The fraction of sp³-hybridized carbons (Fsp3) is 0.455. The number of aryl methyl sites for hydroxylation is 1. The molecule has 0 radical (unpaired) electrons. The minimum absolute atomic E-state index is 0.0432. The SMILES string of the molecule is Cc1cccc(C(O)CCS(C)(=O)=O)c1Cl. The van der Waals surface area contributed by atoms with Crippen LogP contribution in [0.1, 0.15) is 23.7 Å². The van der Waals surface area contributed by atoms with Crippen LogP contribution < -0.4 is 0 Å². The van der Waals surface area contributed by atoms with Gasteiger partial charge in [0.15, 0.2) is 0 Å². The molecule has 0 aromatic heterocycles. The summed E-state index contributed by atoms with van der Waals surface area (Å²) >= 11 is 6.03. The molecule has 3 nitrogen and oxygen atoms in total. The maximum absolute atomic E-state index is 11.0. The highest BCUT2D eigenvalue weighted by atomic mass is 35.5. The number of sulfone groups is 1. The van der Waals surface area contributed by atoms with E-state index in [-0.39, 0.29) is 12.2 Å². The molecule has 0 saturated carbocycles. The fourth-order valence-electron chi connectivity index (χ4n) is 1.41. The molecule has 1 rings (SSSR count). The molecule has 90 valence electrons. The Bertz CT molecular complexity index is 468. The summed E-state index contributed by atoms with van der Waals surface area (Å²) in [6.45, 7) is 1.84. The van der Waals surface area contributed by atoms with Crippen molar-refractivity contribution < 1.29 is 13.5 Å². The second-order valence-corrected chi connectivity index (χ2v) is 6.55. The van der Waals surface area contributed by atoms with E-state index in [9.17, 15) is 13.5 Å². The standard InChI is InChI=1S/C11H15ClO3S/c1-8-4-3-5-9(11(8)12)10(13)6-7-16(2,14)15/h3-5,10,13H,6-7H2,1-2H3. The first-order valence-corrected chi connectivity index (χ1v) is 7.36. The topological polar surface area (TPSA) is 54.4 Å². The number of rotatable bonds is 4. The number of aliphatic hydroxyl groups excluding tert-OH is 1. The molecule has 1 atom stereocenters. The third-order valence-corrected chi connectivity index (χ3v) is 3.84. The van der Waals surface area contributed by atoms with E-state index in [1.807, 2.05) is 13.0 Å². The summed E-state index contributed by atoms with van der Waals surface area (Å²) in [5, 5.41) is 10.3. The summed E-state index contributed by atoms with van der Waals surface area (Å²) < 4.78 is 21.9. The van der Waals surface area contributed by atoms with Crippen molar-refractivity contribution >= 4 is 21.4 Å². The van der Waals surface area contributed by atoms with Crippen molar-refractivity contribution in [3.05, 3.63) is 34.3 Å². The summed E-state index contributed by atoms with van der Waals surface area (Å²) in [7, 11) is -3.05. The molecule has 0 aliphatic carbocycles. The van der Waals surface area contributed by atoms with Crippen LogP contribution in [0.3, 0.4) is 0 Å². The van der Waals surface area contributed by atoms with Crippen molar-refractivity contribution in [1.82, 2.24) is 0 Å². The molecule has 0 aliphatic heterocycles. The van der Waals surface area contributed by atoms with Gasteiger partial charge in [0.25, 0.3) is 0 Å². The van der Waals surface area contributed by atoms with Crippen LogP contribution in [0.2, 0.25) is 5.02 Å². The molecule has 0 aliphatic rings. The van der Waals surface area contributed by atoms with E-state index in [4.69, 9.17) is 11.6 Å². The average Bonchev–Trinajstić information content (AvgIpc) is 2.17. The molecule has 0 fully saturated rings. The molecule has 1 unspecified atom stereocenters. The van der Waals surface area contributed by atoms with Crippen LogP contribution in [-0.2, 0) is 9.84 Å². The van der Waals surface area contributed by atoms with Crippen LogP contribution in [0.15, 0.2) is 18.2 Å². The predicted octanol–water partition coefficient (Wildman–Crippen LogP) is 2.12. The number of benzene rings is 1. The Labute approximate surface area is 101 Å². The zero-order valence-electron chi connectivity index (χ0n) is 9.27. The van der Waals surface area contributed by atoms with Crippen LogP contribution in [0.25, 0.3) is 0 Å². The molecule has 0 amide bonds. The first-order valence-electron chi connectivity index (χ1n) is 4.92. The Morgan fingerprint density at radius 1 is 1.44 bits per heavy atom. The van der Waals surface area contributed by atoms with Gasteiger partial charge in [-0.2, -0.15) is 0 Å². The summed E-state index contributed by atoms with van der Waals surface area (Å²) in [5.41, 5.74) is 1.46. The van der Waals surface area contributed by atoms with Crippen molar-refractivity contribution in [2.24, 2.45) is 0 Å². The van der Waals surface area contributed by atoms with E-state index in [0.717, 1.165) is 11.8 Å². The third-order valence-electron chi connectivity index (χ3n) is 2.34. The van der Waals surface area contributed by atoms with E-state index in [1.165, 1.54) is 0 Å². The zero-order valence-corrected chi connectivity index (χ0v) is 10.8. The number of hydrogen-bond acceptors (Lipinski definition) is 3. The smallest absolute Gasteiger partial charge is 0.147 e. The van der Waals surface area contributed by atoms with Gasteiger partial charge in [0.1, 0.15) is 9.84 Å². The summed E-state index contributed by atoms with van der Waals surface area (Å²) in [4.78, 5) is 0. The molecular formula is C11H15ClO3S. The summed E-state index contributed by atoms with van der Waals surface area (Å²) in [6, 6.07) is 5.34. The van der Waals surface area contributed by atoms with Gasteiger partial charge in [-0.3, -0.25) is 0 Å². The molecule has 0 heterocycles. The molecule has 1 N–H and O–H groups in total. The van der Waals surface area contributed by atoms with Gasteiger partial charge in [-0.1, -0.05) is 29.8 Å².